The Morgan fingerprint density at radius 1 is 1.16 bits per heavy atom. The van der Waals surface area contributed by atoms with Gasteiger partial charge in [0.05, 0.1) is 6.61 Å². The topological polar surface area (TPSA) is 21.3 Å². The molecule has 1 aromatic rings. The maximum absolute atomic E-state index is 5.56. The predicted molar refractivity (Wildman–Crippen MR) is 83.6 cm³/mol. The van der Waals surface area contributed by atoms with Crippen LogP contribution in [0.1, 0.15) is 46.1 Å². The van der Waals surface area contributed by atoms with E-state index in [0.29, 0.717) is 0 Å². The van der Waals surface area contributed by atoms with Gasteiger partial charge in [0.2, 0.25) is 0 Å². The van der Waals surface area contributed by atoms with Gasteiger partial charge in [-0.25, -0.2) is 0 Å². The average molecular weight is 261 g/mol. The number of nitrogens with one attached hydrogen (secondary N) is 1. The highest BCUT2D eigenvalue weighted by molar-refractivity contribution is 5.50. The highest BCUT2D eigenvalue weighted by Gasteiger charge is 2.06. The lowest BCUT2D eigenvalue weighted by Gasteiger charge is -2.19. The molecule has 0 aliphatic rings. The summed E-state index contributed by atoms with van der Waals surface area (Å²) < 4.78 is 5.56. The molecule has 0 aliphatic carbocycles. The first kappa shape index (κ1) is 15.8. The number of hydrogen-bond acceptors (Lipinski definition) is 2. The van der Waals surface area contributed by atoms with E-state index in [1.165, 1.54) is 5.56 Å². The van der Waals surface area contributed by atoms with E-state index in [-0.39, 0.29) is 5.54 Å². The Balaban J connectivity index is 2.32. The van der Waals surface area contributed by atoms with Crippen LogP contribution in [0.3, 0.4) is 0 Å². The van der Waals surface area contributed by atoms with Gasteiger partial charge in [0.15, 0.2) is 0 Å². The zero-order chi connectivity index (χ0) is 14.1. The minimum Gasteiger partial charge on any atom is -0.494 e. The molecule has 0 amide bonds. The summed E-state index contributed by atoms with van der Waals surface area (Å²) in [6.07, 6.45) is 6.46. The minimum absolute atomic E-state index is 0.201. The summed E-state index contributed by atoms with van der Waals surface area (Å²) in [7, 11) is 0. The van der Waals surface area contributed by atoms with Crippen LogP contribution in [0.2, 0.25) is 0 Å². The quantitative estimate of drug-likeness (QED) is 0.740. The van der Waals surface area contributed by atoms with Crippen molar-refractivity contribution in [1.29, 1.82) is 0 Å². The lowest BCUT2D eigenvalue weighted by Crippen LogP contribution is -2.36. The molecule has 1 aromatic carbocycles. The summed E-state index contributed by atoms with van der Waals surface area (Å²) in [5.41, 5.74) is 1.42. The van der Waals surface area contributed by atoms with Crippen LogP contribution >= 0.6 is 0 Å². The van der Waals surface area contributed by atoms with Gasteiger partial charge in [0, 0.05) is 5.54 Å². The Morgan fingerprint density at radius 2 is 1.84 bits per heavy atom. The standard InChI is InChI=1S/C17H27NO/c1-5-14-19-16-11-9-15(10-12-16)8-6-7-13-18-17(2,3)4/h6,8-12,18H,5,7,13-14H2,1-4H3. The van der Waals surface area contributed by atoms with Gasteiger partial charge in [-0.3, -0.25) is 0 Å². The van der Waals surface area contributed by atoms with Gasteiger partial charge >= 0.3 is 0 Å². The SMILES string of the molecule is CCCOc1ccc(C=CCCNC(C)(C)C)cc1. The van der Waals surface area contributed by atoms with E-state index in [1.54, 1.807) is 0 Å². The molecule has 106 valence electrons. The predicted octanol–water partition coefficient (Wildman–Crippen LogP) is 4.27. The molecule has 19 heavy (non-hydrogen) atoms. The first-order valence-electron chi connectivity index (χ1n) is 7.16. The Bertz CT molecular complexity index is 373. The molecular weight excluding hydrogens is 234 g/mol. The molecular formula is C17H27NO. The lowest BCUT2D eigenvalue weighted by molar-refractivity contribution is 0.317. The van der Waals surface area contributed by atoms with Crippen molar-refractivity contribution in [3.8, 4) is 5.75 Å². The third-order valence-electron chi connectivity index (χ3n) is 2.63. The first-order valence-corrected chi connectivity index (χ1v) is 7.16. The minimum atomic E-state index is 0.201. The normalized spacial score (nSPS) is 12.0. The zero-order valence-corrected chi connectivity index (χ0v) is 12.7. The van der Waals surface area contributed by atoms with Crippen LogP contribution in [0.4, 0.5) is 0 Å². The van der Waals surface area contributed by atoms with E-state index in [2.05, 4.69) is 57.3 Å². The van der Waals surface area contributed by atoms with Crippen LogP contribution in [-0.4, -0.2) is 18.7 Å². The molecule has 0 aromatic heterocycles. The molecule has 0 radical (unpaired) electrons. The monoisotopic (exact) mass is 261 g/mol. The van der Waals surface area contributed by atoms with E-state index in [1.807, 2.05) is 12.1 Å². The molecule has 0 bridgehead atoms. The average Bonchev–Trinajstić information content (AvgIpc) is 2.36. The zero-order valence-electron chi connectivity index (χ0n) is 12.7. The van der Waals surface area contributed by atoms with Gasteiger partial charge in [0.25, 0.3) is 0 Å². The Morgan fingerprint density at radius 3 is 2.42 bits per heavy atom. The van der Waals surface area contributed by atoms with Crippen LogP contribution in [-0.2, 0) is 0 Å². The molecule has 0 atom stereocenters. The Labute approximate surface area is 117 Å². The number of hydrogen-bond donors (Lipinski definition) is 1. The molecule has 0 aliphatic heterocycles. The molecule has 1 rings (SSSR count). The molecule has 1 N–H and O–H groups in total. The molecule has 2 nitrogen and oxygen atoms in total. The fraction of sp³-hybridized carbons (Fsp3) is 0.529. The first-order chi connectivity index (χ1) is 9.01. The van der Waals surface area contributed by atoms with Crippen LogP contribution in [0.25, 0.3) is 6.08 Å². The van der Waals surface area contributed by atoms with E-state index in [4.69, 9.17) is 4.74 Å². The van der Waals surface area contributed by atoms with Gasteiger partial charge < -0.3 is 10.1 Å². The van der Waals surface area contributed by atoms with E-state index < -0.39 is 0 Å². The fourth-order valence-electron chi connectivity index (χ4n) is 1.64. The Kier molecular flexibility index (Phi) is 6.65. The summed E-state index contributed by atoms with van der Waals surface area (Å²) in [4.78, 5) is 0. The van der Waals surface area contributed by atoms with Crippen LogP contribution in [0, 0.1) is 0 Å². The molecule has 2 heteroatoms. The van der Waals surface area contributed by atoms with Crippen molar-refractivity contribution in [2.45, 2.75) is 46.1 Å². The summed E-state index contributed by atoms with van der Waals surface area (Å²) in [6.45, 7) is 10.5. The van der Waals surface area contributed by atoms with Crippen molar-refractivity contribution in [1.82, 2.24) is 5.32 Å². The van der Waals surface area contributed by atoms with Crippen LogP contribution in [0.15, 0.2) is 30.3 Å². The highest BCUT2D eigenvalue weighted by atomic mass is 16.5. The van der Waals surface area contributed by atoms with Gasteiger partial charge in [0.1, 0.15) is 5.75 Å². The second-order valence-corrected chi connectivity index (χ2v) is 5.79. The number of ether oxygens (including phenoxy) is 1. The molecule has 0 spiro atoms. The second-order valence-electron chi connectivity index (χ2n) is 5.79. The maximum atomic E-state index is 5.56. The summed E-state index contributed by atoms with van der Waals surface area (Å²) >= 11 is 0. The Hall–Kier alpha value is -1.28. The smallest absolute Gasteiger partial charge is 0.119 e. The van der Waals surface area contributed by atoms with Crippen molar-refractivity contribution < 1.29 is 4.74 Å². The van der Waals surface area contributed by atoms with E-state index in [0.717, 1.165) is 31.7 Å². The van der Waals surface area contributed by atoms with Gasteiger partial charge in [-0.1, -0.05) is 31.2 Å². The number of rotatable bonds is 7. The van der Waals surface area contributed by atoms with Crippen molar-refractivity contribution >= 4 is 6.08 Å². The highest BCUT2D eigenvalue weighted by Crippen LogP contribution is 2.13. The summed E-state index contributed by atoms with van der Waals surface area (Å²) in [6, 6.07) is 8.25. The van der Waals surface area contributed by atoms with E-state index >= 15 is 0 Å². The van der Waals surface area contributed by atoms with Crippen LogP contribution < -0.4 is 10.1 Å². The number of benzene rings is 1. The molecule has 0 unspecified atom stereocenters. The van der Waals surface area contributed by atoms with Crippen molar-refractivity contribution in [3.05, 3.63) is 35.9 Å². The molecule has 0 fully saturated rings. The van der Waals surface area contributed by atoms with Gasteiger partial charge in [-0.15, -0.1) is 0 Å². The van der Waals surface area contributed by atoms with Crippen LogP contribution in [0.5, 0.6) is 5.75 Å². The van der Waals surface area contributed by atoms with Crippen molar-refractivity contribution in [2.24, 2.45) is 0 Å². The lowest BCUT2D eigenvalue weighted by atomic mass is 10.1. The fourth-order valence-corrected chi connectivity index (χ4v) is 1.64. The molecule has 0 saturated carbocycles. The summed E-state index contributed by atoms with van der Waals surface area (Å²) in [5.74, 6) is 0.952. The van der Waals surface area contributed by atoms with E-state index in [9.17, 15) is 0 Å². The molecule has 0 heterocycles. The van der Waals surface area contributed by atoms with Gasteiger partial charge in [-0.05, 0) is 57.9 Å². The molecule has 0 saturated heterocycles. The second kappa shape index (κ2) is 8.00. The van der Waals surface area contributed by atoms with Crippen molar-refractivity contribution in [3.63, 3.8) is 0 Å². The maximum Gasteiger partial charge on any atom is 0.119 e. The third kappa shape index (κ3) is 7.68. The summed E-state index contributed by atoms with van der Waals surface area (Å²) in [5, 5.41) is 3.47. The third-order valence-corrected chi connectivity index (χ3v) is 2.63. The van der Waals surface area contributed by atoms with Crippen molar-refractivity contribution in [2.75, 3.05) is 13.2 Å². The largest absolute Gasteiger partial charge is 0.494 e. The van der Waals surface area contributed by atoms with Gasteiger partial charge in [-0.2, -0.15) is 0 Å².